The summed E-state index contributed by atoms with van der Waals surface area (Å²) < 4.78 is 7.56. The average Bonchev–Trinajstić information content (AvgIpc) is 3.42. The van der Waals surface area contributed by atoms with Crippen molar-refractivity contribution in [3.63, 3.8) is 0 Å². The van der Waals surface area contributed by atoms with Gasteiger partial charge in [-0.2, -0.15) is 0 Å². The summed E-state index contributed by atoms with van der Waals surface area (Å²) >= 11 is 1.45. The van der Waals surface area contributed by atoms with Gasteiger partial charge in [0.1, 0.15) is 5.76 Å². The minimum Gasteiger partial charge on any atom is -0.469 e. The van der Waals surface area contributed by atoms with Gasteiger partial charge in [0, 0.05) is 6.54 Å². The topological polar surface area (TPSA) is 73.0 Å². The number of aryl methyl sites for hydroxylation is 1. The Morgan fingerprint density at radius 1 is 1.03 bits per heavy atom. The number of carbonyl (C=O) groups excluding carboxylic acids is 1. The van der Waals surface area contributed by atoms with Crippen molar-refractivity contribution < 1.29 is 9.21 Å². The third-order valence-electron chi connectivity index (χ3n) is 5.22. The van der Waals surface area contributed by atoms with Gasteiger partial charge in [-0.1, -0.05) is 79.3 Å². The maximum atomic E-state index is 12.9. The van der Waals surface area contributed by atoms with E-state index >= 15 is 0 Å². The number of hydrogen-bond donors (Lipinski definition) is 1. The van der Waals surface area contributed by atoms with E-state index in [1.165, 1.54) is 11.8 Å². The van der Waals surface area contributed by atoms with Gasteiger partial charge in [0.15, 0.2) is 11.0 Å². The molecule has 1 unspecified atom stereocenters. The Labute approximate surface area is 192 Å². The van der Waals surface area contributed by atoms with E-state index in [1.807, 2.05) is 68.4 Å². The molecule has 2 aromatic heterocycles. The van der Waals surface area contributed by atoms with E-state index in [2.05, 4.69) is 32.2 Å². The first kappa shape index (κ1) is 21.9. The van der Waals surface area contributed by atoms with Crippen molar-refractivity contribution >= 4 is 17.7 Å². The Morgan fingerprint density at radius 3 is 2.34 bits per heavy atom. The van der Waals surface area contributed by atoms with Crippen LogP contribution in [-0.4, -0.2) is 25.9 Å². The summed E-state index contributed by atoms with van der Waals surface area (Å²) in [6, 6.07) is 22.0. The first-order valence-corrected chi connectivity index (χ1v) is 11.5. The lowest BCUT2D eigenvalue weighted by Crippen LogP contribution is -2.32. The standard InChI is InChI=1S/C25H26N4O2S/c1-3-22(24(30)26-16-19-10-6-4-7-11-19)32-25-28-27-23(21-14-15-31-18(21)2)29(25)17-20-12-8-5-9-13-20/h4-15,22H,3,16-17H2,1-2H3,(H,26,30). The molecule has 0 spiro atoms. The third-order valence-corrected chi connectivity index (χ3v) is 6.57. The molecule has 4 rings (SSSR count). The molecule has 2 aromatic carbocycles. The highest BCUT2D eigenvalue weighted by atomic mass is 32.2. The number of aromatic nitrogens is 3. The van der Waals surface area contributed by atoms with Gasteiger partial charge in [0.05, 0.1) is 23.6 Å². The Bertz CT molecular complexity index is 1160. The maximum Gasteiger partial charge on any atom is 0.233 e. The smallest absolute Gasteiger partial charge is 0.233 e. The molecule has 164 valence electrons. The van der Waals surface area contributed by atoms with E-state index in [0.717, 1.165) is 28.3 Å². The fourth-order valence-corrected chi connectivity index (χ4v) is 4.43. The van der Waals surface area contributed by atoms with Crippen molar-refractivity contribution in [3.8, 4) is 11.4 Å². The lowest BCUT2D eigenvalue weighted by molar-refractivity contribution is -0.120. The second-order valence-corrected chi connectivity index (χ2v) is 8.66. The van der Waals surface area contributed by atoms with Gasteiger partial charge in [0.25, 0.3) is 0 Å². The summed E-state index contributed by atoms with van der Waals surface area (Å²) in [5.74, 6) is 1.52. The second kappa shape index (κ2) is 10.3. The van der Waals surface area contributed by atoms with Crippen molar-refractivity contribution in [2.45, 2.75) is 43.8 Å². The molecule has 7 heteroatoms. The quantitative estimate of drug-likeness (QED) is 0.363. The van der Waals surface area contributed by atoms with Crippen LogP contribution in [0.5, 0.6) is 0 Å². The summed E-state index contributed by atoms with van der Waals surface area (Å²) in [6.45, 7) is 5.04. The van der Waals surface area contributed by atoms with E-state index in [9.17, 15) is 4.79 Å². The zero-order valence-electron chi connectivity index (χ0n) is 18.2. The highest BCUT2D eigenvalue weighted by molar-refractivity contribution is 8.00. The lowest BCUT2D eigenvalue weighted by atomic mass is 10.2. The van der Waals surface area contributed by atoms with Crippen LogP contribution >= 0.6 is 11.8 Å². The largest absolute Gasteiger partial charge is 0.469 e. The van der Waals surface area contributed by atoms with Crippen molar-refractivity contribution in [1.82, 2.24) is 20.1 Å². The van der Waals surface area contributed by atoms with Gasteiger partial charge in [-0.3, -0.25) is 9.36 Å². The number of rotatable bonds is 9. The molecule has 0 bridgehead atoms. The molecule has 0 radical (unpaired) electrons. The van der Waals surface area contributed by atoms with Crippen molar-refractivity contribution in [2.24, 2.45) is 0 Å². The van der Waals surface area contributed by atoms with Gasteiger partial charge in [-0.15, -0.1) is 10.2 Å². The molecule has 32 heavy (non-hydrogen) atoms. The molecule has 1 atom stereocenters. The SMILES string of the molecule is CCC(Sc1nnc(-c2ccoc2C)n1Cc1ccccc1)C(=O)NCc1ccccc1. The summed E-state index contributed by atoms with van der Waals surface area (Å²) in [4.78, 5) is 12.9. The number of benzene rings is 2. The molecule has 1 N–H and O–H groups in total. The third kappa shape index (κ3) is 5.11. The lowest BCUT2D eigenvalue weighted by Gasteiger charge is -2.16. The minimum absolute atomic E-state index is 0.00310. The normalized spacial score (nSPS) is 11.9. The first-order chi connectivity index (χ1) is 15.7. The van der Waals surface area contributed by atoms with Crippen LogP contribution < -0.4 is 5.32 Å². The molecule has 0 saturated heterocycles. The number of nitrogens with zero attached hydrogens (tertiary/aromatic N) is 3. The zero-order valence-corrected chi connectivity index (χ0v) is 19.0. The zero-order chi connectivity index (χ0) is 22.3. The number of amides is 1. The molecule has 0 aliphatic heterocycles. The summed E-state index contributed by atoms with van der Waals surface area (Å²) in [6.07, 6.45) is 2.34. The summed E-state index contributed by atoms with van der Waals surface area (Å²) in [5.41, 5.74) is 3.12. The van der Waals surface area contributed by atoms with Crippen LogP contribution in [0.3, 0.4) is 0 Å². The van der Waals surface area contributed by atoms with Gasteiger partial charge in [-0.05, 0) is 30.5 Å². The Kier molecular flexibility index (Phi) is 7.07. The molecule has 1 amide bonds. The fourth-order valence-electron chi connectivity index (χ4n) is 3.45. The van der Waals surface area contributed by atoms with E-state index in [4.69, 9.17) is 4.42 Å². The summed E-state index contributed by atoms with van der Waals surface area (Å²) in [7, 11) is 0. The van der Waals surface area contributed by atoms with Crippen LogP contribution in [-0.2, 0) is 17.9 Å². The van der Waals surface area contributed by atoms with Crippen LogP contribution in [0.2, 0.25) is 0 Å². The summed E-state index contributed by atoms with van der Waals surface area (Å²) in [5, 5.41) is 12.4. The Morgan fingerprint density at radius 2 is 1.72 bits per heavy atom. The molecular formula is C25H26N4O2S. The molecule has 2 heterocycles. The van der Waals surface area contributed by atoms with Crippen molar-refractivity contribution in [1.29, 1.82) is 0 Å². The van der Waals surface area contributed by atoms with Crippen molar-refractivity contribution in [3.05, 3.63) is 89.9 Å². The minimum atomic E-state index is -0.268. The maximum absolute atomic E-state index is 12.9. The number of carbonyl (C=O) groups is 1. The van der Waals surface area contributed by atoms with Crippen LogP contribution in [0.1, 0.15) is 30.2 Å². The highest BCUT2D eigenvalue weighted by Crippen LogP contribution is 2.31. The highest BCUT2D eigenvalue weighted by Gasteiger charge is 2.24. The molecule has 0 aliphatic carbocycles. The molecule has 6 nitrogen and oxygen atoms in total. The number of nitrogens with one attached hydrogen (secondary N) is 1. The van der Waals surface area contributed by atoms with E-state index in [0.29, 0.717) is 24.7 Å². The molecule has 4 aromatic rings. The monoisotopic (exact) mass is 446 g/mol. The van der Waals surface area contributed by atoms with E-state index in [-0.39, 0.29) is 11.2 Å². The van der Waals surface area contributed by atoms with E-state index in [1.54, 1.807) is 6.26 Å². The van der Waals surface area contributed by atoms with Gasteiger partial charge in [0.2, 0.25) is 5.91 Å². The fraction of sp³-hybridized carbons (Fsp3) is 0.240. The molecule has 0 saturated carbocycles. The second-order valence-electron chi connectivity index (χ2n) is 7.49. The van der Waals surface area contributed by atoms with Crippen LogP contribution in [0.25, 0.3) is 11.4 Å². The van der Waals surface area contributed by atoms with Gasteiger partial charge < -0.3 is 9.73 Å². The molecule has 0 fully saturated rings. The Balaban J connectivity index is 1.56. The number of hydrogen-bond acceptors (Lipinski definition) is 5. The van der Waals surface area contributed by atoms with E-state index < -0.39 is 0 Å². The van der Waals surface area contributed by atoms with Crippen LogP contribution in [0.15, 0.2) is 82.6 Å². The Hall–Kier alpha value is -3.32. The molecular weight excluding hydrogens is 420 g/mol. The predicted molar refractivity (Wildman–Crippen MR) is 126 cm³/mol. The van der Waals surface area contributed by atoms with Crippen LogP contribution in [0.4, 0.5) is 0 Å². The van der Waals surface area contributed by atoms with Gasteiger partial charge >= 0.3 is 0 Å². The predicted octanol–water partition coefficient (Wildman–Crippen LogP) is 5.08. The number of furan rings is 1. The first-order valence-electron chi connectivity index (χ1n) is 10.7. The van der Waals surface area contributed by atoms with Gasteiger partial charge in [-0.25, -0.2) is 0 Å². The van der Waals surface area contributed by atoms with Crippen molar-refractivity contribution in [2.75, 3.05) is 0 Å². The molecule has 0 aliphatic rings. The number of thioether (sulfide) groups is 1. The van der Waals surface area contributed by atoms with Crippen LogP contribution in [0, 0.1) is 6.92 Å². The average molecular weight is 447 g/mol.